The summed E-state index contributed by atoms with van der Waals surface area (Å²) in [5.41, 5.74) is 1.48. The maximum absolute atomic E-state index is 12.9. The lowest BCUT2D eigenvalue weighted by atomic mass is 10.0. The highest BCUT2D eigenvalue weighted by molar-refractivity contribution is 7.92. The maximum atomic E-state index is 12.9. The van der Waals surface area contributed by atoms with E-state index in [1.807, 2.05) is 12.1 Å². The van der Waals surface area contributed by atoms with Crippen LogP contribution in [0.3, 0.4) is 0 Å². The molecule has 0 bridgehead atoms. The number of nitro groups is 1. The number of hydrogen-bond acceptors (Lipinski definition) is 5. The minimum Gasteiger partial charge on any atom is -0.324 e. The number of benzene rings is 2. The molecule has 1 atom stereocenters. The van der Waals surface area contributed by atoms with Gasteiger partial charge in [0, 0.05) is 17.8 Å². The molecule has 0 saturated heterocycles. The number of non-ortho nitro benzene ring substituents is 1. The first-order valence-corrected chi connectivity index (χ1v) is 11.0. The first kappa shape index (κ1) is 22.4. The Balaban J connectivity index is 2.37. The van der Waals surface area contributed by atoms with E-state index in [1.165, 1.54) is 18.2 Å². The van der Waals surface area contributed by atoms with Crippen LogP contribution >= 0.6 is 0 Å². The van der Waals surface area contributed by atoms with Crippen molar-refractivity contribution in [3.8, 4) is 0 Å². The van der Waals surface area contributed by atoms with Crippen molar-refractivity contribution in [2.45, 2.75) is 39.2 Å². The zero-order chi connectivity index (χ0) is 21.8. The molecular formula is C20H25N3O5S. The normalized spacial score (nSPS) is 12.4. The van der Waals surface area contributed by atoms with Crippen LogP contribution in [0.15, 0.2) is 48.5 Å². The van der Waals surface area contributed by atoms with Gasteiger partial charge >= 0.3 is 0 Å². The third kappa shape index (κ3) is 5.54. The van der Waals surface area contributed by atoms with Crippen LogP contribution in [-0.4, -0.2) is 31.5 Å². The van der Waals surface area contributed by atoms with Crippen LogP contribution in [-0.2, 0) is 14.8 Å². The van der Waals surface area contributed by atoms with E-state index in [1.54, 1.807) is 19.1 Å². The molecule has 0 saturated carbocycles. The predicted octanol–water partition coefficient (Wildman–Crippen LogP) is 3.90. The van der Waals surface area contributed by atoms with Gasteiger partial charge in [0.2, 0.25) is 15.9 Å². The van der Waals surface area contributed by atoms with Gasteiger partial charge < -0.3 is 5.32 Å². The second kappa shape index (κ2) is 9.04. The molecular weight excluding hydrogens is 394 g/mol. The second-order valence-electron chi connectivity index (χ2n) is 7.03. The fourth-order valence-corrected chi connectivity index (χ4v) is 4.18. The zero-order valence-corrected chi connectivity index (χ0v) is 17.6. The molecule has 0 heterocycles. The SMILES string of the molecule is CC[C@H](C(=O)Nc1ccc(C(C)C)cc1)N(c1cccc([N+](=O)[O-])c1)S(C)(=O)=O. The first-order valence-electron chi connectivity index (χ1n) is 9.19. The fraction of sp³-hybridized carbons (Fsp3) is 0.350. The van der Waals surface area contributed by atoms with Crippen LogP contribution in [0.5, 0.6) is 0 Å². The molecule has 0 aliphatic heterocycles. The van der Waals surface area contributed by atoms with E-state index in [9.17, 15) is 23.3 Å². The fourth-order valence-electron chi connectivity index (χ4n) is 2.98. The average Bonchev–Trinajstić information content (AvgIpc) is 2.65. The minimum atomic E-state index is -3.88. The molecule has 2 rings (SSSR count). The monoisotopic (exact) mass is 419 g/mol. The van der Waals surface area contributed by atoms with Gasteiger partial charge in [0.15, 0.2) is 0 Å². The number of anilines is 2. The summed E-state index contributed by atoms with van der Waals surface area (Å²) in [5, 5.41) is 13.8. The lowest BCUT2D eigenvalue weighted by Gasteiger charge is -2.30. The van der Waals surface area contributed by atoms with Crippen molar-refractivity contribution in [1.82, 2.24) is 0 Å². The average molecular weight is 420 g/mol. The number of carbonyl (C=O) groups excluding carboxylic acids is 1. The number of amides is 1. The molecule has 1 amide bonds. The molecule has 0 fully saturated rings. The molecule has 0 unspecified atom stereocenters. The topological polar surface area (TPSA) is 110 Å². The minimum absolute atomic E-state index is 0.0684. The van der Waals surface area contributed by atoms with Crippen molar-refractivity contribution in [3.63, 3.8) is 0 Å². The predicted molar refractivity (Wildman–Crippen MR) is 114 cm³/mol. The van der Waals surface area contributed by atoms with Crippen molar-refractivity contribution < 1.29 is 18.1 Å². The molecule has 0 aliphatic carbocycles. The van der Waals surface area contributed by atoms with Gasteiger partial charge in [-0.3, -0.25) is 19.2 Å². The lowest BCUT2D eigenvalue weighted by molar-refractivity contribution is -0.384. The molecule has 0 aromatic heterocycles. The highest BCUT2D eigenvalue weighted by Crippen LogP contribution is 2.27. The Kier molecular flexibility index (Phi) is 6.97. The Hall–Kier alpha value is -2.94. The van der Waals surface area contributed by atoms with Gasteiger partial charge in [-0.15, -0.1) is 0 Å². The summed E-state index contributed by atoms with van der Waals surface area (Å²) in [5.74, 6) is -0.167. The maximum Gasteiger partial charge on any atom is 0.271 e. The highest BCUT2D eigenvalue weighted by atomic mass is 32.2. The smallest absolute Gasteiger partial charge is 0.271 e. The summed E-state index contributed by atoms with van der Waals surface area (Å²) in [7, 11) is -3.88. The standard InChI is InChI=1S/C20H25N3O5S/c1-5-19(20(24)21-16-11-9-15(10-12-16)14(2)3)22(29(4,27)28)17-7-6-8-18(13-17)23(25)26/h6-14,19H,5H2,1-4H3,(H,21,24)/t19-/m1/s1. The molecule has 156 valence electrons. The van der Waals surface area contributed by atoms with E-state index >= 15 is 0 Å². The van der Waals surface area contributed by atoms with Gasteiger partial charge in [0.1, 0.15) is 6.04 Å². The zero-order valence-electron chi connectivity index (χ0n) is 16.8. The number of sulfonamides is 1. The van der Waals surface area contributed by atoms with Gasteiger partial charge in [0.05, 0.1) is 16.9 Å². The van der Waals surface area contributed by atoms with Crippen LogP contribution in [0, 0.1) is 10.1 Å². The number of nitro benzene ring substituents is 1. The molecule has 0 radical (unpaired) electrons. The number of nitrogens with zero attached hydrogens (tertiary/aromatic N) is 2. The van der Waals surface area contributed by atoms with Crippen molar-refractivity contribution in [1.29, 1.82) is 0 Å². The molecule has 0 spiro atoms. The Bertz CT molecular complexity index is 987. The Morgan fingerprint density at radius 2 is 1.79 bits per heavy atom. The molecule has 0 aliphatic rings. The molecule has 9 heteroatoms. The van der Waals surface area contributed by atoms with E-state index in [-0.39, 0.29) is 17.8 Å². The van der Waals surface area contributed by atoms with Crippen molar-refractivity contribution in [2.24, 2.45) is 0 Å². The molecule has 2 aromatic carbocycles. The van der Waals surface area contributed by atoms with Crippen LogP contribution < -0.4 is 9.62 Å². The van der Waals surface area contributed by atoms with Gasteiger partial charge in [-0.2, -0.15) is 0 Å². The van der Waals surface area contributed by atoms with Gasteiger partial charge in [0.25, 0.3) is 5.69 Å². The van der Waals surface area contributed by atoms with Crippen LogP contribution in [0.4, 0.5) is 17.1 Å². The molecule has 2 aromatic rings. The van der Waals surface area contributed by atoms with Gasteiger partial charge in [-0.05, 0) is 36.1 Å². The summed E-state index contributed by atoms with van der Waals surface area (Å²) in [6.45, 7) is 5.80. The van der Waals surface area contributed by atoms with Crippen LogP contribution in [0.25, 0.3) is 0 Å². The Morgan fingerprint density at radius 3 is 2.28 bits per heavy atom. The Morgan fingerprint density at radius 1 is 1.17 bits per heavy atom. The summed E-state index contributed by atoms with van der Waals surface area (Å²) < 4.78 is 25.9. The summed E-state index contributed by atoms with van der Waals surface area (Å²) >= 11 is 0. The number of hydrogen-bond donors (Lipinski definition) is 1. The quantitative estimate of drug-likeness (QED) is 0.515. The largest absolute Gasteiger partial charge is 0.324 e. The third-order valence-corrected chi connectivity index (χ3v) is 5.65. The van der Waals surface area contributed by atoms with E-state index in [0.29, 0.717) is 11.6 Å². The third-order valence-electron chi connectivity index (χ3n) is 4.47. The van der Waals surface area contributed by atoms with Crippen molar-refractivity contribution in [3.05, 3.63) is 64.2 Å². The van der Waals surface area contributed by atoms with E-state index in [4.69, 9.17) is 0 Å². The summed E-state index contributed by atoms with van der Waals surface area (Å²) in [6, 6.07) is 11.5. The van der Waals surface area contributed by atoms with Crippen molar-refractivity contribution >= 4 is 33.0 Å². The molecule has 29 heavy (non-hydrogen) atoms. The first-order chi connectivity index (χ1) is 13.5. The number of rotatable bonds is 8. The van der Waals surface area contributed by atoms with Crippen LogP contribution in [0.2, 0.25) is 0 Å². The summed E-state index contributed by atoms with van der Waals surface area (Å²) in [4.78, 5) is 23.4. The molecule has 8 nitrogen and oxygen atoms in total. The lowest BCUT2D eigenvalue weighted by Crippen LogP contribution is -2.47. The van der Waals surface area contributed by atoms with E-state index in [0.717, 1.165) is 22.2 Å². The van der Waals surface area contributed by atoms with E-state index < -0.39 is 26.9 Å². The Labute approximate surface area is 170 Å². The van der Waals surface area contributed by atoms with Gasteiger partial charge in [-0.25, -0.2) is 8.42 Å². The van der Waals surface area contributed by atoms with Crippen molar-refractivity contribution in [2.75, 3.05) is 15.9 Å². The number of carbonyl (C=O) groups is 1. The molecule has 1 N–H and O–H groups in total. The summed E-state index contributed by atoms with van der Waals surface area (Å²) in [6.07, 6.45) is 1.16. The highest BCUT2D eigenvalue weighted by Gasteiger charge is 2.32. The number of nitrogens with one attached hydrogen (secondary N) is 1. The van der Waals surface area contributed by atoms with E-state index in [2.05, 4.69) is 19.2 Å². The second-order valence-corrected chi connectivity index (χ2v) is 8.89. The van der Waals surface area contributed by atoms with Crippen LogP contribution in [0.1, 0.15) is 38.7 Å². The van der Waals surface area contributed by atoms with Gasteiger partial charge in [-0.1, -0.05) is 39.0 Å².